The van der Waals surface area contributed by atoms with Crippen molar-refractivity contribution in [1.29, 1.82) is 0 Å². The van der Waals surface area contributed by atoms with E-state index >= 15 is 0 Å². The largest absolute Gasteiger partial charge is 0.479 e. The maximum absolute atomic E-state index is 12.1. The summed E-state index contributed by atoms with van der Waals surface area (Å²) in [5, 5.41) is 11.7. The molecule has 0 aliphatic heterocycles. The first-order chi connectivity index (χ1) is 10.1. The van der Waals surface area contributed by atoms with Crippen molar-refractivity contribution >= 4 is 11.9 Å². The fraction of sp³-hybridized carbons (Fsp3) is 0.125. The molecule has 2 aromatic rings. The normalized spacial score (nSPS) is 13.2. The number of benzene rings is 2. The molecule has 108 valence electrons. The Hall–Kier alpha value is -2.66. The Kier molecular flexibility index (Phi) is 4.68. The zero-order chi connectivity index (χ0) is 15.2. The van der Waals surface area contributed by atoms with Crippen LogP contribution in [-0.4, -0.2) is 17.0 Å². The first-order valence-corrected chi connectivity index (χ1v) is 6.48. The minimum atomic E-state index is -1.13. The summed E-state index contributed by atoms with van der Waals surface area (Å²) in [5.74, 6) is -1.66. The van der Waals surface area contributed by atoms with Gasteiger partial charge in [-0.05, 0) is 11.1 Å². The van der Waals surface area contributed by atoms with Gasteiger partial charge in [0.1, 0.15) is 6.04 Å². The smallest absolute Gasteiger partial charge is 0.330 e. The van der Waals surface area contributed by atoms with E-state index in [4.69, 9.17) is 5.73 Å². The molecule has 2 rings (SSSR count). The number of aliphatic carboxylic acids is 1. The number of carbonyl (C=O) groups excluding carboxylic acids is 1. The monoisotopic (exact) mass is 284 g/mol. The minimum Gasteiger partial charge on any atom is -0.479 e. The van der Waals surface area contributed by atoms with Crippen molar-refractivity contribution in [2.45, 2.75) is 12.1 Å². The highest BCUT2D eigenvalue weighted by Gasteiger charge is 2.25. The SMILES string of the molecule is N[C@H](C(=O)NC(C(=O)O)c1ccccc1)c1ccccc1. The summed E-state index contributed by atoms with van der Waals surface area (Å²) in [5.41, 5.74) is 6.99. The van der Waals surface area contributed by atoms with Gasteiger partial charge in [0.15, 0.2) is 6.04 Å². The van der Waals surface area contributed by atoms with Gasteiger partial charge in [-0.2, -0.15) is 0 Å². The number of hydrogen-bond donors (Lipinski definition) is 3. The highest BCUT2D eigenvalue weighted by molar-refractivity contribution is 5.88. The third kappa shape index (κ3) is 3.67. The number of carbonyl (C=O) groups is 2. The Bertz CT molecular complexity index is 614. The molecule has 0 radical (unpaired) electrons. The molecule has 0 heterocycles. The standard InChI is InChI=1S/C16H16N2O3/c17-13(11-7-3-1-4-8-11)15(19)18-14(16(20)21)12-9-5-2-6-10-12/h1-10,13-14H,17H2,(H,18,19)(H,20,21)/t13-,14?/m0/s1. The van der Waals surface area contributed by atoms with Gasteiger partial charge in [0.25, 0.3) is 0 Å². The molecule has 5 nitrogen and oxygen atoms in total. The van der Waals surface area contributed by atoms with E-state index in [2.05, 4.69) is 5.32 Å². The highest BCUT2D eigenvalue weighted by Crippen LogP contribution is 2.15. The van der Waals surface area contributed by atoms with E-state index in [1.165, 1.54) is 0 Å². The molecule has 1 unspecified atom stereocenters. The Labute approximate surface area is 122 Å². The second-order valence-corrected chi connectivity index (χ2v) is 4.58. The first kappa shape index (κ1) is 14.7. The molecular formula is C16H16N2O3. The van der Waals surface area contributed by atoms with Crippen LogP contribution in [0, 0.1) is 0 Å². The van der Waals surface area contributed by atoms with Gasteiger partial charge in [-0.3, -0.25) is 4.79 Å². The van der Waals surface area contributed by atoms with Crippen LogP contribution in [0.5, 0.6) is 0 Å². The molecule has 0 spiro atoms. The van der Waals surface area contributed by atoms with E-state index in [9.17, 15) is 14.7 Å². The van der Waals surface area contributed by atoms with Crippen molar-refractivity contribution in [3.63, 3.8) is 0 Å². The Morgan fingerprint density at radius 2 is 1.38 bits per heavy atom. The van der Waals surface area contributed by atoms with Gasteiger partial charge in [0.2, 0.25) is 5.91 Å². The van der Waals surface area contributed by atoms with E-state index in [1.807, 2.05) is 6.07 Å². The molecule has 0 aliphatic carbocycles. The molecule has 5 heteroatoms. The number of hydrogen-bond acceptors (Lipinski definition) is 3. The zero-order valence-corrected chi connectivity index (χ0v) is 11.3. The number of nitrogens with one attached hydrogen (secondary N) is 1. The van der Waals surface area contributed by atoms with Crippen LogP contribution in [0.1, 0.15) is 23.2 Å². The van der Waals surface area contributed by atoms with Crippen LogP contribution in [0.15, 0.2) is 60.7 Å². The van der Waals surface area contributed by atoms with E-state index in [0.29, 0.717) is 11.1 Å². The van der Waals surface area contributed by atoms with Gasteiger partial charge in [0.05, 0.1) is 0 Å². The summed E-state index contributed by atoms with van der Waals surface area (Å²) in [6.45, 7) is 0. The molecule has 1 amide bonds. The van der Waals surface area contributed by atoms with Crippen molar-refractivity contribution in [3.8, 4) is 0 Å². The predicted molar refractivity (Wildman–Crippen MR) is 78.3 cm³/mol. The molecule has 4 N–H and O–H groups in total. The van der Waals surface area contributed by atoms with Gasteiger partial charge in [-0.25, -0.2) is 4.79 Å². The minimum absolute atomic E-state index is 0.499. The number of rotatable bonds is 5. The average molecular weight is 284 g/mol. The lowest BCUT2D eigenvalue weighted by atomic mass is 10.0. The molecule has 0 aliphatic rings. The molecule has 21 heavy (non-hydrogen) atoms. The van der Waals surface area contributed by atoms with Crippen LogP contribution in [0.2, 0.25) is 0 Å². The third-order valence-corrected chi connectivity index (χ3v) is 3.11. The van der Waals surface area contributed by atoms with Crippen molar-refractivity contribution in [2.75, 3.05) is 0 Å². The summed E-state index contributed by atoms with van der Waals surface area (Å²) in [6, 6.07) is 15.3. The second kappa shape index (κ2) is 6.67. The van der Waals surface area contributed by atoms with Crippen LogP contribution >= 0.6 is 0 Å². The number of carboxylic acids is 1. The number of carboxylic acid groups (broad SMARTS) is 1. The first-order valence-electron chi connectivity index (χ1n) is 6.48. The molecule has 0 saturated heterocycles. The quantitative estimate of drug-likeness (QED) is 0.778. The second-order valence-electron chi connectivity index (χ2n) is 4.58. The maximum Gasteiger partial charge on any atom is 0.330 e. The average Bonchev–Trinajstić information content (AvgIpc) is 2.53. The van der Waals surface area contributed by atoms with E-state index in [1.54, 1.807) is 54.6 Å². The molecular weight excluding hydrogens is 268 g/mol. The van der Waals surface area contributed by atoms with Gasteiger partial charge >= 0.3 is 5.97 Å². The molecule has 2 aromatic carbocycles. The van der Waals surface area contributed by atoms with Crippen LogP contribution < -0.4 is 11.1 Å². The van der Waals surface area contributed by atoms with Gasteiger partial charge in [-0.15, -0.1) is 0 Å². The number of nitrogens with two attached hydrogens (primary N) is 1. The van der Waals surface area contributed by atoms with E-state index in [-0.39, 0.29) is 0 Å². The van der Waals surface area contributed by atoms with Crippen molar-refractivity contribution in [1.82, 2.24) is 5.32 Å². The van der Waals surface area contributed by atoms with Gasteiger partial charge in [0, 0.05) is 0 Å². The lowest BCUT2D eigenvalue weighted by molar-refractivity contribution is -0.142. The molecule has 0 aromatic heterocycles. The van der Waals surface area contributed by atoms with Crippen molar-refractivity contribution in [2.24, 2.45) is 5.73 Å². The van der Waals surface area contributed by atoms with Crippen LogP contribution in [-0.2, 0) is 9.59 Å². The lowest BCUT2D eigenvalue weighted by Gasteiger charge is -2.18. The van der Waals surface area contributed by atoms with Crippen molar-refractivity contribution < 1.29 is 14.7 Å². The van der Waals surface area contributed by atoms with Crippen molar-refractivity contribution in [3.05, 3.63) is 71.8 Å². The third-order valence-electron chi connectivity index (χ3n) is 3.11. The summed E-state index contributed by atoms with van der Waals surface area (Å²) in [6.07, 6.45) is 0. The highest BCUT2D eigenvalue weighted by atomic mass is 16.4. The molecule has 2 atom stereocenters. The van der Waals surface area contributed by atoms with E-state index in [0.717, 1.165) is 0 Å². The summed E-state index contributed by atoms with van der Waals surface area (Å²) >= 11 is 0. The topological polar surface area (TPSA) is 92.4 Å². The van der Waals surface area contributed by atoms with E-state index < -0.39 is 24.0 Å². The molecule has 0 fully saturated rings. The predicted octanol–water partition coefficient (Wildman–Crippen LogP) is 1.63. The van der Waals surface area contributed by atoms with Crippen LogP contribution in [0.3, 0.4) is 0 Å². The van der Waals surface area contributed by atoms with Gasteiger partial charge < -0.3 is 16.2 Å². The summed E-state index contributed by atoms with van der Waals surface area (Å²) < 4.78 is 0. The lowest BCUT2D eigenvalue weighted by Crippen LogP contribution is -2.39. The Morgan fingerprint density at radius 1 is 0.905 bits per heavy atom. The Morgan fingerprint density at radius 3 is 1.86 bits per heavy atom. The van der Waals surface area contributed by atoms with Crippen LogP contribution in [0.4, 0.5) is 0 Å². The summed E-state index contributed by atoms with van der Waals surface area (Å²) in [7, 11) is 0. The number of amides is 1. The van der Waals surface area contributed by atoms with Crippen LogP contribution in [0.25, 0.3) is 0 Å². The maximum atomic E-state index is 12.1. The molecule has 0 saturated carbocycles. The summed E-state index contributed by atoms with van der Waals surface area (Å²) in [4.78, 5) is 23.5. The van der Waals surface area contributed by atoms with Gasteiger partial charge in [-0.1, -0.05) is 60.7 Å². The molecule has 0 bridgehead atoms. The fourth-order valence-electron chi connectivity index (χ4n) is 1.98. The fourth-order valence-corrected chi connectivity index (χ4v) is 1.98. The zero-order valence-electron chi connectivity index (χ0n) is 11.3. The Balaban J connectivity index is 2.14.